The van der Waals surface area contributed by atoms with Gasteiger partial charge in [0.25, 0.3) is 0 Å². The van der Waals surface area contributed by atoms with Crippen LogP contribution in [0.15, 0.2) is 22.2 Å². The molecule has 3 N–H and O–H groups in total. The second kappa shape index (κ2) is 8.74. The molecule has 0 amide bonds. The van der Waals surface area contributed by atoms with Crippen molar-refractivity contribution in [1.82, 2.24) is 4.57 Å². The first-order valence-corrected chi connectivity index (χ1v) is 9.32. The van der Waals surface area contributed by atoms with Crippen molar-refractivity contribution in [3.63, 3.8) is 0 Å². The lowest BCUT2D eigenvalue weighted by atomic mass is 10.1. The molecule has 1 aliphatic heterocycles. The summed E-state index contributed by atoms with van der Waals surface area (Å²) in [5.74, 6) is -3.82. The maximum Gasteiger partial charge on any atom is 0.341 e. The van der Waals surface area contributed by atoms with Crippen LogP contribution in [0, 0.1) is 17.6 Å². The fourth-order valence-corrected chi connectivity index (χ4v) is 3.58. The van der Waals surface area contributed by atoms with Crippen LogP contribution in [0.5, 0.6) is 0 Å². The van der Waals surface area contributed by atoms with Crippen LogP contribution in [0.2, 0.25) is 0 Å². The van der Waals surface area contributed by atoms with Gasteiger partial charge in [0.05, 0.1) is 23.2 Å². The van der Waals surface area contributed by atoms with Gasteiger partial charge >= 0.3 is 5.97 Å². The average Bonchev–Trinajstić information content (AvgIpc) is 3.11. The highest BCUT2D eigenvalue weighted by molar-refractivity contribution is 5.96. The van der Waals surface area contributed by atoms with Gasteiger partial charge in [-0.15, -0.1) is 0 Å². The van der Waals surface area contributed by atoms with Crippen LogP contribution in [0.4, 0.5) is 18.9 Å². The van der Waals surface area contributed by atoms with Crippen molar-refractivity contribution in [3.05, 3.63) is 39.7 Å². The molecule has 0 saturated carbocycles. The zero-order valence-electron chi connectivity index (χ0n) is 16.2. The lowest BCUT2D eigenvalue weighted by Gasteiger charge is -2.21. The van der Waals surface area contributed by atoms with Crippen LogP contribution in [0.25, 0.3) is 10.9 Å². The Labute approximate surface area is 169 Å². The lowest BCUT2D eigenvalue weighted by Crippen LogP contribution is -2.26. The molecule has 3 rings (SSSR count). The molecule has 0 spiro atoms. The van der Waals surface area contributed by atoms with Crippen molar-refractivity contribution in [2.45, 2.75) is 13.5 Å². The molecule has 1 aliphatic rings. The van der Waals surface area contributed by atoms with E-state index in [1.807, 2.05) is 0 Å². The van der Waals surface area contributed by atoms with Gasteiger partial charge in [-0.05, 0) is 13.0 Å². The summed E-state index contributed by atoms with van der Waals surface area (Å²) in [6.07, 6.45) is 1.04. The van der Waals surface area contributed by atoms with Crippen LogP contribution in [-0.4, -0.2) is 54.3 Å². The first-order chi connectivity index (χ1) is 14.3. The Hall–Kier alpha value is -3.08. The molecule has 0 bridgehead atoms. The predicted molar refractivity (Wildman–Crippen MR) is 105 cm³/mol. The van der Waals surface area contributed by atoms with Gasteiger partial charge in [-0.3, -0.25) is 4.79 Å². The van der Waals surface area contributed by atoms with E-state index in [1.165, 1.54) is 9.47 Å². The van der Waals surface area contributed by atoms with Crippen molar-refractivity contribution in [1.29, 1.82) is 0 Å². The fourth-order valence-electron chi connectivity index (χ4n) is 3.58. The monoisotopic (exact) mass is 426 g/mol. The summed E-state index contributed by atoms with van der Waals surface area (Å²) in [6, 6.07) is 0.848. The number of anilines is 1. The number of hydrogen-bond donors (Lipinski definition) is 2. The number of aromatic nitrogens is 1. The molecule has 8 nitrogen and oxygen atoms in total. The second-order valence-corrected chi connectivity index (χ2v) is 6.80. The number of aryl methyl sites for hydroxylation is 1. The minimum Gasteiger partial charge on any atom is -0.477 e. The number of hydrogen-bond acceptors (Lipinski definition) is 6. The molecule has 30 heavy (non-hydrogen) atoms. The third-order valence-corrected chi connectivity index (χ3v) is 5.02. The van der Waals surface area contributed by atoms with E-state index < -0.39 is 35.3 Å². The van der Waals surface area contributed by atoms with Gasteiger partial charge < -0.3 is 25.1 Å². The number of pyridine rings is 1. The smallest absolute Gasteiger partial charge is 0.341 e. The number of halogens is 3. The van der Waals surface area contributed by atoms with E-state index in [-0.39, 0.29) is 55.3 Å². The van der Waals surface area contributed by atoms with E-state index in [9.17, 15) is 23.5 Å². The Morgan fingerprint density at radius 1 is 1.43 bits per heavy atom. The Morgan fingerprint density at radius 2 is 2.17 bits per heavy atom. The van der Waals surface area contributed by atoms with E-state index in [0.29, 0.717) is 5.71 Å². The molecule has 1 aromatic heterocycles. The van der Waals surface area contributed by atoms with Crippen molar-refractivity contribution >= 4 is 28.3 Å². The van der Waals surface area contributed by atoms with Gasteiger partial charge in [0.2, 0.25) is 5.43 Å². The van der Waals surface area contributed by atoms with Crippen LogP contribution in [0.1, 0.15) is 17.3 Å². The number of aromatic carboxylic acids is 1. The number of nitrogens with zero attached hydrogens (tertiary/aromatic N) is 3. The molecular formula is C19H21F3N4O4. The van der Waals surface area contributed by atoms with E-state index in [0.717, 1.165) is 12.3 Å². The fraction of sp³-hybridized carbons (Fsp3) is 0.421. The molecule has 0 aliphatic carbocycles. The zero-order valence-corrected chi connectivity index (χ0v) is 16.2. The summed E-state index contributed by atoms with van der Waals surface area (Å²) in [6.45, 7) is 1.14. The summed E-state index contributed by atoms with van der Waals surface area (Å²) in [4.78, 5) is 30.0. The molecule has 162 valence electrons. The van der Waals surface area contributed by atoms with Gasteiger partial charge in [0.15, 0.2) is 5.82 Å². The number of carboxylic acids is 1. The highest BCUT2D eigenvalue weighted by Crippen LogP contribution is 2.32. The molecule has 1 atom stereocenters. The van der Waals surface area contributed by atoms with Gasteiger partial charge in [0, 0.05) is 31.7 Å². The topological polar surface area (TPSA) is 110 Å². The predicted octanol–water partition coefficient (Wildman–Crippen LogP) is 1.73. The van der Waals surface area contributed by atoms with Gasteiger partial charge in [-0.25, -0.2) is 18.0 Å². The first-order valence-electron chi connectivity index (χ1n) is 9.32. The van der Waals surface area contributed by atoms with Crippen LogP contribution in [0.3, 0.4) is 0 Å². The number of fused-ring (bicyclic) bond motifs is 1. The third kappa shape index (κ3) is 3.72. The standard InChI is InChI=1S/C19H21F3N4O4/c1-2-25-8-12(19(28)29)18(27)11-5-13(21)17(15(22)16(11)25)26-7-10(6-23)14(9-26)24-30-4-3-20/h5,8,10H,2-4,6-7,9,23H2,1H3,(H,28,29). The van der Waals surface area contributed by atoms with Gasteiger partial charge in [-0.2, -0.15) is 0 Å². The maximum atomic E-state index is 15.5. The van der Waals surface area contributed by atoms with Crippen molar-refractivity contribution < 1.29 is 27.9 Å². The summed E-state index contributed by atoms with van der Waals surface area (Å²) in [7, 11) is 0. The minimum absolute atomic E-state index is 0.0110. The number of nitrogens with two attached hydrogens (primary N) is 1. The highest BCUT2D eigenvalue weighted by atomic mass is 19.1. The largest absolute Gasteiger partial charge is 0.477 e. The maximum absolute atomic E-state index is 15.5. The first kappa shape index (κ1) is 21.6. The van der Waals surface area contributed by atoms with Crippen molar-refractivity contribution in [2.75, 3.05) is 37.8 Å². The number of carbonyl (C=O) groups is 1. The van der Waals surface area contributed by atoms with Crippen LogP contribution >= 0.6 is 0 Å². The van der Waals surface area contributed by atoms with Crippen molar-refractivity contribution in [2.24, 2.45) is 16.8 Å². The molecular weight excluding hydrogens is 405 g/mol. The SMILES string of the molecule is CCn1cc(C(=O)O)c(=O)c2cc(F)c(N3CC(=NOCCF)C(CN)C3)c(F)c21. The molecule has 2 aromatic rings. The van der Waals surface area contributed by atoms with Crippen molar-refractivity contribution in [3.8, 4) is 0 Å². The molecule has 1 fully saturated rings. The Kier molecular flexibility index (Phi) is 6.30. The molecule has 1 unspecified atom stereocenters. The second-order valence-electron chi connectivity index (χ2n) is 6.80. The summed E-state index contributed by atoms with van der Waals surface area (Å²) >= 11 is 0. The molecule has 1 aromatic carbocycles. The van der Waals surface area contributed by atoms with E-state index in [2.05, 4.69) is 5.16 Å². The van der Waals surface area contributed by atoms with E-state index in [1.54, 1.807) is 6.92 Å². The number of alkyl halides is 1. The average molecular weight is 426 g/mol. The van der Waals surface area contributed by atoms with E-state index in [4.69, 9.17) is 10.6 Å². The molecule has 1 saturated heterocycles. The van der Waals surface area contributed by atoms with E-state index >= 15 is 4.39 Å². The van der Waals surface area contributed by atoms with Gasteiger partial charge in [-0.1, -0.05) is 5.16 Å². The van der Waals surface area contributed by atoms with Crippen LogP contribution < -0.4 is 16.1 Å². The Morgan fingerprint density at radius 3 is 2.77 bits per heavy atom. The van der Waals surface area contributed by atoms with Gasteiger partial charge in [0.1, 0.15) is 30.3 Å². The number of oxime groups is 1. The quantitative estimate of drug-likeness (QED) is 0.516. The number of carboxylic acid groups (broad SMARTS) is 1. The molecule has 11 heteroatoms. The summed E-state index contributed by atoms with van der Waals surface area (Å²) < 4.78 is 43.9. The highest BCUT2D eigenvalue weighted by Gasteiger charge is 2.33. The normalized spacial score (nSPS) is 17.8. The summed E-state index contributed by atoms with van der Waals surface area (Å²) in [5, 5.41) is 12.7. The Bertz CT molecular complexity index is 1070. The molecule has 0 radical (unpaired) electrons. The number of benzene rings is 1. The summed E-state index contributed by atoms with van der Waals surface area (Å²) in [5.41, 5.74) is 4.06. The third-order valence-electron chi connectivity index (χ3n) is 5.02. The van der Waals surface area contributed by atoms with Crippen LogP contribution in [-0.2, 0) is 11.4 Å². The molecule has 2 heterocycles. The Balaban J connectivity index is 2.14. The number of rotatable bonds is 7. The lowest BCUT2D eigenvalue weighted by molar-refractivity contribution is 0.0694. The minimum atomic E-state index is -1.48. The zero-order chi connectivity index (χ0) is 22.0.